The number of nitrogens with one attached hydrogen (secondary N) is 1. The first-order valence-electron chi connectivity index (χ1n) is 9.71. The van der Waals surface area contributed by atoms with E-state index in [-0.39, 0.29) is 16.6 Å². The molecular formula is C22H27N3O3S. The number of hydrogen-bond acceptors (Lipinski definition) is 4. The summed E-state index contributed by atoms with van der Waals surface area (Å²) in [7, 11) is -3.76. The summed E-state index contributed by atoms with van der Waals surface area (Å²) in [6, 6.07) is 14.0. The highest BCUT2D eigenvalue weighted by molar-refractivity contribution is 7.89. The first-order chi connectivity index (χ1) is 13.7. The van der Waals surface area contributed by atoms with Gasteiger partial charge in [0.25, 0.3) is 0 Å². The van der Waals surface area contributed by atoms with Crippen LogP contribution in [0.1, 0.15) is 38.6 Å². The van der Waals surface area contributed by atoms with Crippen LogP contribution in [0.4, 0.5) is 0 Å². The van der Waals surface area contributed by atoms with Crippen LogP contribution in [-0.4, -0.2) is 29.8 Å². The van der Waals surface area contributed by atoms with Crippen LogP contribution in [0.2, 0.25) is 0 Å². The average molecular weight is 414 g/mol. The molecule has 0 fully saturated rings. The zero-order valence-electron chi connectivity index (χ0n) is 17.2. The lowest BCUT2D eigenvalue weighted by Gasteiger charge is -2.18. The number of fused-ring (bicyclic) bond motifs is 1. The molecule has 0 saturated heterocycles. The van der Waals surface area contributed by atoms with Gasteiger partial charge in [-0.3, -0.25) is 4.79 Å². The third-order valence-electron chi connectivity index (χ3n) is 4.91. The van der Waals surface area contributed by atoms with E-state index in [9.17, 15) is 13.2 Å². The van der Waals surface area contributed by atoms with Crippen LogP contribution in [0.5, 0.6) is 0 Å². The molecule has 1 N–H and O–H groups in total. The molecule has 0 bridgehead atoms. The zero-order chi connectivity index (χ0) is 21.2. The Balaban J connectivity index is 1.80. The predicted octanol–water partition coefficient (Wildman–Crippen LogP) is 3.68. The lowest BCUT2D eigenvalue weighted by atomic mass is 10.0. The minimum atomic E-state index is -3.76. The topological polar surface area (TPSA) is 81.1 Å². The van der Waals surface area contributed by atoms with Crippen LogP contribution in [-0.2, 0) is 21.4 Å². The fourth-order valence-corrected chi connectivity index (χ4v) is 4.64. The molecule has 0 spiro atoms. The van der Waals surface area contributed by atoms with Gasteiger partial charge in [-0.05, 0) is 56.0 Å². The van der Waals surface area contributed by atoms with E-state index in [1.165, 1.54) is 6.92 Å². The van der Waals surface area contributed by atoms with Gasteiger partial charge < -0.3 is 4.57 Å². The molecule has 1 atom stereocenters. The first kappa shape index (κ1) is 21.2. The number of sulfonamides is 1. The largest absolute Gasteiger partial charge is 0.324 e. The van der Waals surface area contributed by atoms with Gasteiger partial charge in [-0.25, -0.2) is 18.1 Å². The maximum atomic E-state index is 12.7. The second-order valence-corrected chi connectivity index (χ2v) is 9.51. The van der Waals surface area contributed by atoms with Gasteiger partial charge in [0.2, 0.25) is 10.0 Å². The second kappa shape index (κ2) is 8.47. The van der Waals surface area contributed by atoms with Crippen LogP contribution in [0, 0.1) is 12.8 Å². The smallest absolute Gasteiger partial charge is 0.241 e. The Morgan fingerprint density at radius 3 is 2.38 bits per heavy atom. The lowest BCUT2D eigenvalue weighted by Crippen LogP contribution is -2.40. The van der Waals surface area contributed by atoms with Gasteiger partial charge in [0.1, 0.15) is 11.6 Å². The SMILES string of the molecule is CC(=O)C(CC(C)C)NS(=O)(=O)c1ccc(Cn2c(C)nc3ccccc32)cc1. The van der Waals surface area contributed by atoms with Gasteiger partial charge in [0.05, 0.1) is 22.0 Å². The second-order valence-electron chi connectivity index (χ2n) is 7.79. The molecule has 0 amide bonds. The van der Waals surface area contributed by atoms with Crippen molar-refractivity contribution in [3.63, 3.8) is 0 Å². The fraction of sp³-hybridized carbons (Fsp3) is 0.364. The molecule has 3 aromatic rings. The molecule has 1 heterocycles. The molecule has 2 aromatic carbocycles. The van der Waals surface area contributed by atoms with Gasteiger partial charge in [-0.15, -0.1) is 0 Å². The molecule has 0 aliphatic carbocycles. The third-order valence-corrected chi connectivity index (χ3v) is 6.40. The highest BCUT2D eigenvalue weighted by Crippen LogP contribution is 2.19. The van der Waals surface area contributed by atoms with Crippen LogP contribution in [0.15, 0.2) is 53.4 Å². The number of aromatic nitrogens is 2. The van der Waals surface area contributed by atoms with E-state index in [1.54, 1.807) is 24.3 Å². The monoisotopic (exact) mass is 413 g/mol. The van der Waals surface area contributed by atoms with E-state index < -0.39 is 16.1 Å². The summed E-state index contributed by atoms with van der Waals surface area (Å²) in [5, 5.41) is 0. The van der Waals surface area contributed by atoms with Crippen LogP contribution in [0.3, 0.4) is 0 Å². The highest BCUT2D eigenvalue weighted by atomic mass is 32.2. The number of hydrogen-bond donors (Lipinski definition) is 1. The number of carbonyl (C=O) groups is 1. The molecular weight excluding hydrogens is 386 g/mol. The molecule has 0 saturated carbocycles. The number of para-hydroxylation sites is 2. The number of carbonyl (C=O) groups excluding carboxylic acids is 1. The van der Waals surface area contributed by atoms with Crippen molar-refractivity contribution in [2.75, 3.05) is 0 Å². The highest BCUT2D eigenvalue weighted by Gasteiger charge is 2.24. The summed E-state index contributed by atoms with van der Waals surface area (Å²) in [6.45, 7) is 7.89. The number of imidazole rings is 1. The van der Waals surface area contributed by atoms with Crippen LogP contribution in [0.25, 0.3) is 11.0 Å². The number of rotatable bonds is 8. The molecule has 6 nitrogen and oxygen atoms in total. The summed E-state index contributed by atoms with van der Waals surface area (Å²) < 4.78 is 30.1. The minimum Gasteiger partial charge on any atom is -0.324 e. The fourth-order valence-electron chi connectivity index (χ4n) is 3.38. The molecule has 154 valence electrons. The maximum Gasteiger partial charge on any atom is 0.241 e. The third kappa shape index (κ3) is 4.92. The Bertz CT molecular complexity index is 1120. The Morgan fingerprint density at radius 1 is 1.10 bits per heavy atom. The number of Topliss-reactive ketones (excluding diaryl/α,β-unsaturated/α-hetero) is 1. The summed E-state index contributed by atoms with van der Waals surface area (Å²) in [5.74, 6) is 0.936. The zero-order valence-corrected chi connectivity index (χ0v) is 18.0. The van der Waals surface area contributed by atoms with E-state index in [0.717, 1.165) is 22.4 Å². The number of ketones is 1. The molecule has 3 rings (SSSR count). The maximum absolute atomic E-state index is 12.7. The van der Waals surface area contributed by atoms with E-state index in [4.69, 9.17) is 0 Å². The molecule has 1 aromatic heterocycles. The van der Waals surface area contributed by atoms with Crippen LogP contribution >= 0.6 is 0 Å². The van der Waals surface area contributed by atoms with Gasteiger partial charge in [-0.1, -0.05) is 38.1 Å². The van der Waals surface area contributed by atoms with E-state index in [2.05, 4.69) is 14.3 Å². The number of aryl methyl sites for hydroxylation is 1. The normalized spacial score (nSPS) is 13.1. The molecule has 0 aliphatic rings. The van der Waals surface area contributed by atoms with Gasteiger partial charge in [0.15, 0.2) is 0 Å². The first-order valence-corrected chi connectivity index (χ1v) is 11.2. The number of benzene rings is 2. The summed E-state index contributed by atoms with van der Waals surface area (Å²) in [6.07, 6.45) is 0.472. The average Bonchev–Trinajstić information content (AvgIpc) is 2.96. The van der Waals surface area contributed by atoms with Crippen molar-refractivity contribution in [1.82, 2.24) is 14.3 Å². The standard InChI is InChI=1S/C22H27N3O3S/c1-15(2)13-21(16(3)26)24-29(27,28)19-11-9-18(10-12-19)14-25-17(4)23-20-7-5-6-8-22(20)25/h5-12,15,21,24H,13-14H2,1-4H3. The van der Waals surface area contributed by atoms with Crippen molar-refractivity contribution >= 4 is 26.8 Å². The van der Waals surface area contributed by atoms with E-state index in [1.807, 2.05) is 45.0 Å². The number of nitrogens with zero attached hydrogens (tertiary/aromatic N) is 2. The van der Waals surface area contributed by atoms with Gasteiger partial charge in [0, 0.05) is 6.54 Å². The summed E-state index contributed by atoms with van der Waals surface area (Å²) >= 11 is 0. The van der Waals surface area contributed by atoms with Crippen molar-refractivity contribution in [3.05, 3.63) is 59.9 Å². The van der Waals surface area contributed by atoms with Crippen molar-refractivity contribution < 1.29 is 13.2 Å². The molecule has 7 heteroatoms. The lowest BCUT2D eigenvalue weighted by molar-refractivity contribution is -0.118. The van der Waals surface area contributed by atoms with E-state index >= 15 is 0 Å². The van der Waals surface area contributed by atoms with Crippen molar-refractivity contribution in [1.29, 1.82) is 0 Å². The Morgan fingerprint density at radius 2 is 1.76 bits per heavy atom. The molecule has 0 aliphatic heterocycles. The molecule has 1 unspecified atom stereocenters. The van der Waals surface area contributed by atoms with E-state index in [0.29, 0.717) is 13.0 Å². The van der Waals surface area contributed by atoms with Crippen molar-refractivity contribution in [2.45, 2.75) is 51.6 Å². The predicted molar refractivity (Wildman–Crippen MR) is 114 cm³/mol. The van der Waals surface area contributed by atoms with Crippen molar-refractivity contribution in [3.8, 4) is 0 Å². The summed E-state index contributed by atoms with van der Waals surface area (Å²) in [4.78, 5) is 16.5. The Labute approximate surface area is 172 Å². The Hall–Kier alpha value is -2.51. The Kier molecular flexibility index (Phi) is 6.19. The van der Waals surface area contributed by atoms with Gasteiger partial charge >= 0.3 is 0 Å². The molecule has 0 radical (unpaired) electrons. The minimum absolute atomic E-state index is 0.156. The van der Waals surface area contributed by atoms with Crippen molar-refractivity contribution in [2.24, 2.45) is 5.92 Å². The quantitative estimate of drug-likeness (QED) is 0.611. The van der Waals surface area contributed by atoms with Crippen LogP contribution < -0.4 is 4.72 Å². The summed E-state index contributed by atoms with van der Waals surface area (Å²) in [5.41, 5.74) is 2.95. The van der Waals surface area contributed by atoms with Gasteiger partial charge in [-0.2, -0.15) is 0 Å². The molecule has 29 heavy (non-hydrogen) atoms.